The second kappa shape index (κ2) is 8.18. The molecule has 7 heteroatoms. The molecule has 30 heavy (non-hydrogen) atoms. The Hall–Kier alpha value is -3.35. The zero-order valence-electron chi connectivity index (χ0n) is 17.0. The van der Waals surface area contributed by atoms with Crippen molar-refractivity contribution >= 4 is 34.1 Å². The number of carbonyl (C=O) groups excluding carboxylic acids is 1. The van der Waals surface area contributed by atoms with E-state index >= 15 is 0 Å². The summed E-state index contributed by atoms with van der Waals surface area (Å²) >= 11 is 0. The molecule has 0 spiro atoms. The van der Waals surface area contributed by atoms with Crippen molar-refractivity contribution in [2.75, 3.05) is 54.4 Å². The second-order valence-electron chi connectivity index (χ2n) is 7.91. The highest BCUT2D eigenvalue weighted by atomic mass is 16.2. The highest BCUT2D eigenvalue weighted by molar-refractivity contribution is 5.93. The van der Waals surface area contributed by atoms with E-state index in [4.69, 9.17) is 0 Å². The molecule has 0 bridgehead atoms. The van der Waals surface area contributed by atoms with Gasteiger partial charge in [-0.3, -0.25) is 0 Å². The molecule has 154 valence electrons. The lowest BCUT2D eigenvalue weighted by molar-refractivity contribution is 0.208. The van der Waals surface area contributed by atoms with Crippen molar-refractivity contribution in [1.82, 2.24) is 15.1 Å². The summed E-state index contributed by atoms with van der Waals surface area (Å²) in [7, 11) is 0. The van der Waals surface area contributed by atoms with Gasteiger partial charge in [-0.25, -0.2) is 4.79 Å². The van der Waals surface area contributed by atoms with Crippen LogP contribution in [0.1, 0.15) is 12.8 Å². The molecule has 0 atom stereocenters. The minimum absolute atomic E-state index is 0.0552. The molecular weight excluding hydrogens is 376 g/mol. The van der Waals surface area contributed by atoms with Gasteiger partial charge in [0.05, 0.1) is 0 Å². The first-order valence-corrected chi connectivity index (χ1v) is 10.6. The largest absolute Gasteiger partial charge is 0.355 e. The van der Waals surface area contributed by atoms with Gasteiger partial charge in [-0.05, 0) is 47.9 Å². The third-order valence-corrected chi connectivity index (χ3v) is 5.96. The molecule has 3 heterocycles. The Morgan fingerprint density at radius 1 is 0.733 bits per heavy atom. The molecule has 3 aromatic rings. The molecule has 2 fully saturated rings. The Bertz CT molecular complexity index is 1020. The van der Waals surface area contributed by atoms with Crippen LogP contribution in [0, 0.1) is 0 Å². The van der Waals surface area contributed by atoms with Crippen molar-refractivity contribution in [3.8, 4) is 0 Å². The first kappa shape index (κ1) is 18.7. The van der Waals surface area contributed by atoms with Crippen LogP contribution in [0.2, 0.25) is 0 Å². The van der Waals surface area contributed by atoms with Crippen molar-refractivity contribution in [1.29, 1.82) is 0 Å². The van der Waals surface area contributed by atoms with Crippen LogP contribution < -0.4 is 15.1 Å². The van der Waals surface area contributed by atoms with Crippen LogP contribution in [0.25, 0.3) is 10.8 Å². The van der Waals surface area contributed by atoms with Crippen molar-refractivity contribution in [2.24, 2.45) is 0 Å². The SMILES string of the molecule is O=C(Nc1ccc2ccccc2c1)N1CCN(c2ccc(N3CCCC3)nn2)CC1. The molecule has 1 N–H and O–H groups in total. The molecule has 2 saturated heterocycles. The first-order chi connectivity index (χ1) is 14.8. The molecule has 2 aliphatic rings. The minimum atomic E-state index is -0.0552. The van der Waals surface area contributed by atoms with E-state index in [2.05, 4.69) is 43.5 Å². The first-order valence-electron chi connectivity index (χ1n) is 10.6. The fourth-order valence-corrected chi connectivity index (χ4v) is 4.21. The van der Waals surface area contributed by atoms with E-state index in [1.54, 1.807) is 0 Å². The van der Waals surface area contributed by atoms with Gasteiger partial charge < -0.3 is 20.0 Å². The van der Waals surface area contributed by atoms with Gasteiger partial charge >= 0.3 is 6.03 Å². The zero-order chi connectivity index (χ0) is 20.3. The summed E-state index contributed by atoms with van der Waals surface area (Å²) in [5.74, 6) is 1.84. The van der Waals surface area contributed by atoms with Gasteiger partial charge in [-0.2, -0.15) is 0 Å². The van der Waals surface area contributed by atoms with E-state index in [-0.39, 0.29) is 6.03 Å². The number of piperazine rings is 1. The van der Waals surface area contributed by atoms with Crippen molar-refractivity contribution in [3.05, 3.63) is 54.6 Å². The highest BCUT2D eigenvalue weighted by Gasteiger charge is 2.23. The normalized spacial score (nSPS) is 16.9. The maximum atomic E-state index is 12.7. The number of aromatic nitrogens is 2. The summed E-state index contributed by atoms with van der Waals surface area (Å²) < 4.78 is 0. The molecule has 0 aliphatic carbocycles. The van der Waals surface area contributed by atoms with Crippen molar-refractivity contribution in [3.63, 3.8) is 0 Å². The van der Waals surface area contributed by atoms with Gasteiger partial charge in [0.25, 0.3) is 0 Å². The predicted octanol–water partition coefficient (Wildman–Crippen LogP) is 3.58. The number of amides is 2. The van der Waals surface area contributed by atoms with Crippen LogP contribution in [0.5, 0.6) is 0 Å². The number of rotatable bonds is 3. The summed E-state index contributed by atoms with van der Waals surface area (Å²) in [4.78, 5) is 19.0. The van der Waals surface area contributed by atoms with E-state index in [0.29, 0.717) is 13.1 Å². The summed E-state index contributed by atoms with van der Waals surface area (Å²) in [5.41, 5.74) is 0.824. The predicted molar refractivity (Wildman–Crippen MR) is 120 cm³/mol. The van der Waals surface area contributed by atoms with Crippen LogP contribution in [-0.2, 0) is 0 Å². The highest BCUT2D eigenvalue weighted by Crippen LogP contribution is 2.21. The summed E-state index contributed by atoms with van der Waals surface area (Å²) in [5, 5.41) is 14.2. The molecule has 7 nitrogen and oxygen atoms in total. The van der Waals surface area contributed by atoms with E-state index in [1.165, 1.54) is 18.2 Å². The fourth-order valence-electron chi connectivity index (χ4n) is 4.21. The Morgan fingerprint density at radius 2 is 1.37 bits per heavy atom. The fraction of sp³-hybridized carbons (Fsp3) is 0.348. The molecule has 0 saturated carbocycles. The molecule has 2 amide bonds. The number of hydrogen-bond donors (Lipinski definition) is 1. The number of fused-ring (bicyclic) bond motifs is 1. The summed E-state index contributed by atoms with van der Waals surface area (Å²) in [6, 6.07) is 18.2. The average Bonchev–Trinajstić information content (AvgIpc) is 3.34. The molecule has 2 aromatic carbocycles. The number of carbonyl (C=O) groups is 1. The number of hydrogen-bond acceptors (Lipinski definition) is 5. The number of anilines is 3. The van der Waals surface area contributed by atoms with E-state index in [1.807, 2.05) is 41.3 Å². The van der Waals surface area contributed by atoms with Crippen molar-refractivity contribution in [2.45, 2.75) is 12.8 Å². The van der Waals surface area contributed by atoms with Gasteiger partial charge in [0.2, 0.25) is 0 Å². The maximum Gasteiger partial charge on any atom is 0.321 e. The molecule has 0 radical (unpaired) electrons. The quantitative estimate of drug-likeness (QED) is 0.725. The molecule has 5 rings (SSSR count). The average molecular weight is 403 g/mol. The number of nitrogens with zero attached hydrogens (tertiary/aromatic N) is 5. The van der Waals surface area contributed by atoms with E-state index in [0.717, 1.165) is 48.9 Å². The monoisotopic (exact) mass is 402 g/mol. The smallest absolute Gasteiger partial charge is 0.321 e. The Balaban J connectivity index is 1.17. The third-order valence-electron chi connectivity index (χ3n) is 5.96. The van der Waals surface area contributed by atoms with Crippen LogP contribution in [0.15, 0.2) is 54.6 Å². The topological polar surface area (TPSA) is 64.6 Å². The minimum Gasteiger partial charge on any atom is -0.355 e. The molecule has 0 unspecified atom stereocenters. The lowest BCUT2D eigenvalue weighted by atomic mass is 10.1. The second-order valence-corrected chi connectivity index (χ2v) is 7.91. The van der Waals surface area contributed by atoms with Crippen molar-refractivity contribution < 1.29 is 4.79 Å². The number of urea groups is 1. The molecule has 2 aliphatic heterocycles. The summed E-state index contributed by atoms with van der Waals surface area (Å²) in [6.45, 7) is 4.97. The van der Waals surface area contributed by atoms with Crippen LogP contribution in [0.3, 0.4) is 0 Å². The standard InChI is InChI=1S/C23H26N6O/c30-23(24-20-8-7-18-5-1-2-6-19(18)17-20)29-15-13-28(14-16-29)22-10-9-21(25-26-22)27-11-3-4-12-27/h1-2,5-10,17H,3-4,11-16H2,(H,24,30). The van der Waals surface area contributed by atoms with Crippen LogP contribution >= 0.6 is 0 Å². The molecular formula is C23H26N6O. The lowest BCUT2D eigenvalue weighted by Crippen LogP contribution is -2.50. The number of nitrogens with one attached hydrogen (secondary N) is 1. The third kappa shape index (κ3) is 3.87. The maximum absolute atomic E-state index is 12.7. The summed E-state index contributed by atoms with van der Waals surface area (Å²) in [6.07, 6.45) is 2.46. The number of benzene rings is 2. The zero-order valence-corrected chi connectivity index (χ0v) is 17.0. The van der Waals surface area contributed by atoms with Gasteiger partial charge in [0.1, 0.15) is 0 Å². The Labute approximate surface area is 176 Å². The van der Waals surface area contributed by atoms with E-state index in [9.17, 15) is 4.79 Å². The van der Waals surface area contributed by atoms with Gasteiger partial charge in [0.15, 0.2) is 11.6 Å². The molecule has 1 aromatic heterocycles. The Morgan fingerprint density at radius 3 is 2.03 bits per heavy atom. The Kier molecular flexibility index (Phi) is 5.09. The van der Waals surface area contributed by atoms with Gasteiger partial charge in [-0.15, -0.1) is 10.2 Å². The van der Waals surface area contributed by atoms with Crippen LogP contribution in [0.4, 0.5) is 22.1 Å². The van der Waals surface area contributed by atoms with Gasteiger partial charge in [0, 0.05) is 45.0 Å². The van der Waals surface area contributed by atoms with Crippen LogP contribution in [-0.4, -0.2) is 60.4 Å². The van der Waals surface area contributed by atoms with E-state index < -0.39 is 0 Å². The lowest BCUT2D eigenvalue weighted by Gasteiger charge is -2.35. The van der Waals surface area contributed by atoms with Gasteiger partial charge in [-0.1, -0.05) is 30.3 Å².